The molecule has 0 atom stereocenters. The van der Waals surface area contributed by atoms with Crippen LogP contribution in [0.4, 0.5) is 0 Å². The zero-order valence-electron chi connectivity index (χ0n) is 25.3. The number of aliphatic carboxylic acids is 1. The summed E-state index contributed by atoms with van der Waals surface area (Å²) < 4.78 is 0. The third-order valence-corrected chi connectivity index (χ3v) is 10.2. The van der Waals surface area contributed by atoms with Gasteiger partial charge in [0, 0.05) is 6.42 Å². The van der Waals surface area contributed by atoms with Gasteiger partial charge in [-0.25, -0.2) is 0 Å². The van der Waals surface area contributed by atoms with Gasteiger partial charge in [-0.15, -0.1) is 0 Å². The number of rotatable bonds is 33. The predicted molar refractivity (Wildman–Crippen MR) is 174 cm³/mol. The molecule has 0 spiro atoms. The molecule has 0 saturated heterocycles. The van der Waals surface area contributed by atoms with Crippen LogP contribution in [0.1, 0.15) is 199 Å². The van der Waals surface area contributed by atoms with Crippen LogP contribution in [0.5, 0.6) is 0 Å². The zero-order chi connectivity index (χ0) is 27.8. The molecule has 38 heavy (non-hydrogen) atoms. The quantitative estimate of drug-likeness (QED) is 0.0467. The summed E-state index contributed by atoms with van der Waals surface area (Å²) in [6, 6.07) is 1.09. The van der Waals surface area contributed by atoms with Gasteiger partial charge in [-0.05, 0) is 12.5 Å². The van der Waals surface area contributed by atoms with E-state index in [4.69, 9.17) is 27.3 Å². The lowest BCUT2D eigenvalue weighted by atomic mass is 10.0. The summed E-state index contributed by atoms with van der Waals surface area (Å²) >= 11 is 11.8. The Morgan fingerprint density at radius 1 is 0.368 bits per heavy atom. The maximum Gasteiger partial charge on any atom is 0.303 e. The lowest BCUT2D eigenvalue weighted by Gasteiger charge is -2.05. The number of unbranched alkanes of at least 4 members (excludes halogenated alkanes) is 29. The van der Waals surface area contributed by atoms with E-state index < -0.39 is 13.4 Å². The molecule has 0 aliphatic heterocycles. The Bertz CT molecular complexity index is 462. The summed E-state index contributed by atoms with van der Waals surface area (Å²) in [5, 5.41) is 8.63. The van der Waals surface area contributed by atoms with Crippen molar-refractivity contribution in [2.75, 3.05) is 0 Å². The second-order valence-corrected chi connectivity index (χ2v) is 17.1. The highest BCUT2D eigenvalue weighted by molar-refractivity contribution is 7.33. The van der Waals surface area contributed by atoms with E-state index in [2.05, 4.69) is 0 Å². The molecule has 1 N–H and O–H groups in total. The van der Waals surface area contributed by atoms with E-state index in [1.807, 2.05) is 0 Å². The fraction of sp³-hybridized carbons (Fsp3) is 0.970. The van der Waals surface area contributed by atoms with Crippen LogP contribution >= 0.6 is 22.2 Å². The van der Waals surface area contributed by atoms with Crippen LogP contribution in [-0.2, 0) is 4.79 Å². The number of hydrogen-bond donors (Lipinski definition) is 1. The minimum absolute atomic E-state index is 0.343. The van der Waals surface area contributed by atoms with Crippen molar-refractivity contribution in [1.29, 1.82) is 0 Å². The molecule has 0 unspecified atom stereocenters. The molecule has 228 valence electrons. The first kappa shape index (κ1) is 38.3. The normalized spacial score (nSPS) is 11.6. The standard InChI is InChI=1S/C33H66Cl2O2Si/c34-38(35)32-30-28-26-24-22-20-18-16-14-12-10-8-6-4-2-1-3-5-7-9-11-13-15-17-19-21-23-25-27-29-31-33(36)37/h38H,1-32H2,(H,36,37). The van der Waals surface area contributed by atoms with E-state index in [0.29, 0.717) is 6.42 Å². The summed E-state index contributed by atoms with van der Waals surface area (Å²) in [6.45, 7) is 0. The highest BCUT2D eigenvalue weighted by Crippen LogP contribution is 2.17. The number of carbonyl (C=O) groups is 1. The van der Waals surface area contributed by atoms with Crippen molar-refractivity contribution < 1.29 is 9.90 Å². The Morgan fingerprint density at radius 2 is 0.553 bits per heavy atom. The smallest absolute Gasteiger partial charge is 0.303 e. The van der Waals surface area contributed by atoms with Gasteiger partial charge in [-0.1, -0.05) is 186 Å². The lowest BCUT2D eigenvalue weighted by molar-refractivity contribution is -0.137. The van der Waals surface area contributed by atoms with E-state index >= 15 is 0 Å². The summed E-state index contributed by atoms with van der Waals surface area (Å²) in [7, 11) is -1.34. The average Bonchev–Trinajstić information content (AvgIpc) is 2.89. The van der Waals surface area contributed by atoms with Crippen LogP contribution in [0.2, 0.25) is 6.04 Å². The SMILES string of the molecule is O=C(O)CCCCCCCCCCCCCCCCCCCCCCCCCCCCCCCC[SiH](Cl)Cl. The maximum absolute atomic E-state index is 10.5. The first-order valence-electron chi connectivity index (χ1n) is 17.1. The van der Waals surface area contributed by atoms with E-state index in [0.717, 1.165) is 18.9 Å². The molecule has 0 amide bonds. The zero-order valence-corrected chi connectivity index (χ0v) is 28.0. The lowest BCUT2D eigenvalue weighted by Crippen LogP contribution is -1.93. The topological polar surface area (TPSA) is 37.3 Å². The monoisotopic (exact) mass is 592 g/mol. The van der Waals surface area contributed by atoms with Crippen LogP contribution in [-0.4, -0.2) is 18.5 Å². The molecule has 0 aliphatic carbocycles. The fourth-order valence-electron chi connectivity index (χ4n) is 5.52. The van der Waals surface area contributed by atoms with Crippen LogP contribution in [0.25, 0.3) is 0 Å². The van der Waals surface area contributed by atoms with Gasteiger partial charge in [0.15, 0.2) is 0 Å². The van der Waals surface area contributed by atoms with E-state index in [1.165, 1.54) is 180 Å². The van der Waals surface area contributed by atoms with Gasteiger partial charge >= 0.3 is 5.97 Å². The van der Waals surface area contributed by atoms with Crippen LogP contribution < -0.4 is 0 Å². The van der Waals surface area contributed by atoms with Gasteiger partial charge < -0.3 is 5.11 Å². The molecule has 0 saturated carbocycles. The average molecular weight is 594 g/mol. The van der Waals surface area contributed by atoms with Crippen molar-refractivity contribution in [3.05, 3.63) is 0 Å². The van der Waals surface area contributed by atoms with Gasteiger partial charge in [0.05, 0.1) is 0 Å². The fourth-order valence-corrected chi connectivity index (χ4v) is 7.05. The molecule has 0 bridgehead atoms. The van der Waals surface area contributed by atoms with Gasteiger partial charge in [-0.2, -0.15) is 22.2 Å². The molecule has 2 nitrogen and oxygen atoms in total. The highest BCUT2D eigenvalue weighted by atomic mass is 35.7. The number of carboxylic acid groups (broad SMARTS) is 1. The molecule has 0 aromatic rings. The van der Waals surface area contributed by atoms with Crippen molar-refractivity contribution in [3.8, 4) is 0 Å². The van der Waals surface area contributed by atoms with Crippen LogP contribution in [0.15, 0.2) is 0 Å². The number of hydrogen-bond acceptors (Lipinski definition) is 1. The van der Waals surface area contributed by atoms with Crippen molar-refractivity contribution in [2.45, 2.75) is 205 Å². The van der Waals surface area contributed by atoms with Gasteiger partial charge in [0.25, 0.3) is 0 Å². The molecular formula is C33H66Cl2O2Si. The molecule has 0 rings (SSSR count). The van der Waals surface area contributed by atoms with Crippen molar-refractivity contribution in [1.82, 2.24) is 0 Å². The molecule has 0 aromatic carbocycles. The highest BCUT2D eigenvalue weighted by Gasteiger charge is 2.01. The second-order valence-electron chi connectivity index (χ2n) is 11.9. The molecule has 5 heteroatoms. The predicted octanol–water partition coefficient (Wildman–Crippen LogP) is 12.9. The summed E-state index contributed by atoms with van der Waals surface area (Å²) in [5.41, 5.74) is 0. The molecule has 0 fully saturated rings. The molecule has 0 aliphatic rings. The van der Waals surface area contributed by atoms with Crippen molar-refractivity contribution in [2.24, 2.45) is 0 Å². The summed E-state index contributed by atoms with van der Waals surface area (Å²) in [4.78, 5) is 10.5. The Morgan fingerprint density at radius 3 is 0.737 bits per heavy atom. The Hall–Kier alpha value is 0.267. The van der Waals surface area contributed by atoms with Gasteiger partial charge in [-0.3, -0.25) is 4.79 Å². The van der Waals surface area contributed by atoms with E-state index in [-0.39, 0.29) is 0 Å². The third kappa shape index (κ3) is 36.3. The summed E-state index contributed by atoms with van der Waals surface area (Å²) in [5.74, 6) is -0.651. The van der Waals surface area contributed by atoms with Gasteiger partial charge in [0.1, 0.15) is 0 Å². The second kappa shape index (κ2) is 33.5. The van der Waals surface area contributed by atoms with E-state index in [9.17, 15) is 4.79 Å². The van der Waals surface area contributed by atoms with Crippen molar-refractivity contribution in [3.63, 3.8) is 0 Å². The van der Waals surface area contributed by atoms with Gasteiger partial charge in [0.2, 0.25) is 7.42 Å². The first-order chi connectivity index (χ1) is 18.6. The Kier molecular flexibility index (Phi) is 33.7. The first-order valence-corrected chi connectivity index (χ1v) is 21.4. The molecule has 0 radical (unpaired) electrons. The molecule has 0 heterocycles. The Labute approximate surface area is 249 Å². The largest absolute Gasteiger partial charge is 0.481 e. The molecular weight excluding hydrogens is 527 g/mol. The minimum Gasteiger partial charge on any atom is -0.481 e. The van der Waals surface area contributed by atoms with Crippen LogP contribution in [0, 0.1) is 0 Å². The number of halogens is 2. The summed E-state index contributed by atoms with van der Waals surface area (Å²) in [6.07, 6.45) is 41.7. The Balaban J connectivity index is 3.03. The molecule has 0 aromatic heterocycles. The maximum atomic E-state index is 10.5. The van der Waals surface area contributed by atoms with Crippen molar-refractivity contribution >= 4 is 35.5 Å². The van der Waals surface area contributed by atoms with E-state index in [1.54, 1.807) is 0 Å². The number of carboxylic acids is 1. The van der Waals surface area contributed by atoms with Crippen LogP contribution in [0.3, 0.4) is 0 Å². The minimum atomic E-state index is -1.34. The third-order valence-electron chi connectivity index (χ3n) is 8.06.